The normalized spacial score (nSPS) is 16.7. The molecule has 2 aliphatic heterocycles. The molecule has 2 heterocycles. The Hall–Kier alpha value is -2.92. The largest absolute Gasteiger partial charge is 0.492 e. The molecule has 0 aromatic heterocycles. The van der Waals surface area contributed by atoms with Crippen LogP contribution >= 0.6 is 47.2 Å². The van der Waals surface area contributed by atoms with Gasteiger partial charge in [0.2, 0.25) is 0 Å². The number of benzene rings is 3. The number of carbonyl (C=O) groups is 2. The second-order valence-corrected chi connectivity index (χ2v) is 12.1. The quantitative estimate of drug-likeness (QED) is 0.106. The summed E-state index contributed by atoms with van der Waals surface area (Å²) in [6, 6.07) is 19.9. The zero-order valence-electron chi connectivity index (χ0n) is 22.6. The summed E-state index contributed by atoms with van der Waals surface area (Å²) in [6.45, 7) is 4.52. The number of hydrogen-bond acceptors (Lipinski definition) is 8. The third kappa shape index (κ3) is 7.92. The first-order chi connectivity index (χ1) is 20.4. The van der Waals surface area contributed by atoms with Crippen molar-refractivity contribution >= 4 is 69.5 Å². The van der Waals surface area contributed by atoms with E-state index in [4.69, 9.17) is 49.6 Å². The molecule has 3 aromatic carbocycles. The van der Waals surface area contributed by atoms with Gasteiger partial charge in [0.1, 0.15) is 22.4 Å². The van der Waals surface area contributed by atoms with E-state index >= 15 is 0 Å². The van der Waals surface area contributed by atoms with E-state index in [1.165, 1.54) is 16.7 Å². The van der Waals surface area contributed by atoms with Crippen LogP contribution in [0.1, 0.15) is 12.0 Å². The fraction of sp³-hybridized carbons (Fsp3) is 0.258. The summed E-state index contributed by atoms with van der Waals surface area (Å²) in [4.78, 5) is 29.9. The van der Waals surface area contributed by atoms with E-state index in [9.17, 15) is 9.59 Å². The Balaban J connectivity index is 1.33. The van der Waals surface area contributed by atoms with E-state index in [0.717, 1.165) is 30.8 Å². The average Bonchev–Trinajstić information content (AvgIpc) is 3.25. The minimum Gasteiger partial charge on any atom is -0.492 e. The monoisotopic (exact) mass is 642 g/mol. The fourth-order valence-electron chi connectivity index (χ4n) is 4.50. The highest BCUT2D eigenvalue weighted by Crippen LogP contribution is 2.37. The highest BCUT2D eigenvalue weighted by molar-refractivity contribution is 8.26. The van der Waals surface area contributed by atoms with Gasteiger partial charge in [-0.15, -0.1) is 0 Å². The molecule has 0 N–H and O–H groups in total. The number of esters is 1. The van der Waals surface area contributed by atoms with Gasteiger partial charge in [-0.25, -0.2) is 0 Å². The number of thiocarbonyl (C=S) groups is 1. The molecule has 7 nitrogen and oxygen atoms in total. The van der Waals surface area contributed by atoms with Crippen molar-refractivity contribution in [3.8, 4) is 22.6 Å². The lowest BCUT2D eigenvalue weighted by Crippen LogP contribution is -2.38. The van der Waals surface area contributed by atoms with Crippen LogP contribution in [-0.2, 0) is 14.3 Å². The first-order valence-corrected chi connectivity index (χ1v) is 15.4. The first kappa shape index (κ1) is 30.5. The molecule has 0 saturated carbocycles. The number of para-hydroxylation sites is 1. The zero-order valence-corrected chi connectivity index (χ0v) is 25.7. The predicted octanol–water partition coefficient (Wildman–Crippen LogP) is 6.57. The molecule has 0 unspecified atom stereocenters. The maximum atomic E-state index is 13.4. The molecular weight excluding hydrogens is 615 g/mol. The standard InChI is InChI=1S/C31H28Cl2N2O5S2/c32-23-7-8-25(26(33)20-23)21-6-9-27(39-17-14-34-12-15-38-16-13-34)22(18-21)19-28-30(37)35(31(41)42-28)11-10-29(36)40-24-4-2-1-3-5-24/h1-9,18-20H,10-17H2. The third-order valence-corrected chi connectivity index (χ3v) is 8.62. The molecule has 3 aromatic rings. The van der Waals surface area contributed by atoms with Crippen molar-refractivity contribution in [2.45, 2.75) is 6.42 Å². The second kappa shape index (κ2) is 14.5. The van der Waals surface area contributed by atoms with Crippen LogP contribution in [0.2, 0.25) is 10.0 Å². The topological polar surface area (TPSA) is 68.3 Å². The molecule has 0 aliphatic carbocycles. The molecule has 5 rings (SSSR count). The second-order valence-electron chi connectivity index (χ2n) is 9.55. The van der Waals surface area contributed by atoms with Crippen molar-refractivity contribution in [1.82, 2.24) is 9.80 Å². The lowest BCUT2D eigenvalue weighted by molar-refractivity contribution is -0.134. The van der Waals surface area contributed by atoms with Crippen molar-refractivity contribution in [3.05, 3.63) is 87.2 Å². The Bertz CT molecular complexity index is 1500. The summed E-state index contributed by atoms with van der Waals surface area (Å²) in [5.74, 6) is 0.373. The molecule has 0 radical (unpaired) electrons. The summed E-state index contributed by atoms with van der Waals surface area (Å²) in [7, 11) is 0. The minimum absolute atomic E-state index is 0.00899. The smallest absolute Gasteiger partial charge is 0.312 e. The summed E-state index contributed by atoms with van der Waals surface area (Å²) < 4.78 is 17.4. The fourth-order valence-corrected chi connectivity index (χ4v) is 6.32. The lowest BCUT2D eigenvalue weighted by atomic mass is 10.0. The first-order valence-electron chi connectivity index (χ1n) is 13.4. The summed E-state index contributed by atoms with van der Waals surface area (Å²) in [5, 5.41) is 1.06. The number of hydrogen-bond donors (Lipinski definition) is 0. The van der Waals surface area contributed by atoms with Crippen molar-refractivity contribution in [2.24, 2.45) is 0 Å². The van der Waals surface area contributed by atoms with Gasteiger partial charge in [-0.3, -0.25) is 19.4 Å². The van der Waals surface area contributed by atoms with Gasteiger partial charge in [0.25, 0.3) is 5.91 Å². The number of morpholine rings is 1. The third-order valence-electron chi connectivity index (χ3n) is 6.70. The van der Waals surface area contributed by atoms with Gasteiger partial charge in [-0.05, 0) is 48.0 Å². The van der Waals surface area contributed by atoms with Crippen molar-refractivity contribution in [3.63, 3.8) is 0 Å². The predicted molar refractivity (Wildman–Crippen MR) is 171 cm³/mol. The van der Waals surface area contributed by atoms with E-state index in [0.29, 0.717) is 56.2 Å². The Morgan fingerprint density at radius 2 is 1.81 bits per heavy atom. The number of thioether (sulfide) groups is 1. The number of carbonyl (C=O) groups excluding carboxylic acids is 2. The van der Waals surface area contributed by atoms with Crippen LogP contribution in [0.3, 0.4) is 0 Å². The molecule has 2 fully saturated rings. The van der Waals surface area contributed by atoms with Crippen LogP contribution in [0.5, 0.6) is 11.5 Å². The van der Waals surface area contributed by atoms with Crippen LogP contribution in [-0.4, -0.2) is 72.0 Å². The van der Waals surface area contributed by atoms with Crippen molar-refractivity contribution in [1.29, 1.82) is 0 Å². The number of amides is 1. The maximum absolute atomic E-state index is 13.4. The van der Waals surface area contributed by atoms with Gasteiger partial charge >= 0.3 is 5.97 Å². The molecule has 0 atom stereocenters. The van der Waals surface area contributed by atoms with Crippen LogP contribution in [0.25, 0.3) is 17.2 Å². The highest BCUT2D eigenvalue weighted by atomic mass is 35.5. The van der Waals surface area contributed by atoms with E-state index < -0.39 is 5.97 Å². The highest BCUT2D eigenvalue weighted by Gasteiger charge is 2.32. The minimum atomic E-state index is -0.442. The van der Waals surface area contributed by atoms with E-state index in [-0.39, 0.29) is 18.9 Å². The van der Waals surface area contributed by atoms with Gasteiger partial charge < -0.3 is 14.2 Å². The van der Waals surface area contributed by atoms with Gasteiger partial charge in [-0.2, -0.15) is 0 Å². The van der Waals surface area contributed by atoms with Crippen LogP contribution in [0.15, 0.2) is 71.6 Å². The zero-order chi connectivity index (χ0) is 29.5. The Labute approximate surface area is 264 Å². The molecular formula is C31H28Cl2N2O5S2. The SMILES string of the molecule is O=C(CCN1C(=O)C(=Cc2cc(-c3ccc(Cl)cc3Cl)ccc2OCCN2CCOCC2)SC1=S)Oc1ccccc1. The molecule has 218 valence electrons. The maximum Gasteiger partial charge on any atom is 0.312 e. The van der Waals surface area contributed by atoms with E-state index in [2.05, 4.69) is 4.90 Å². The van der Waals surface area contributed by atoms with Crippen molar-refractivity contribution in [2.75, 3.05) is 46.0 Å². The Morgan fingerprint density at radius 3 is 2.57 bits per heavy atom. The number of halogens is 2. The molecule has 1 amide bonds. The van der Waals surface area contributed by atoms with E-state index in [1.807, 2.05) is 30.3 Å². The van der Waals surface area contributed by atoms with Crippen molar-refractivity contribution < 1.29 is 23.8 Å². The molecule has 0 bridgehead atoms. The van der Waals surface area contributed by atoms with Crippen LogP contribution in [0.4, 0.5) is 0 Å². The molecule has 11 heteroatoms. The Kier molecular flexibility index (Phi) is 10.5. The summed E-state index contributed by atoms with van der Waals surface area (Å²) in [6.07, 6.45) is 1.79. The van der Waals surface area contributed by atoms with Crippen LogP contribution < -0.4 is 9.47 Å². The van der Waals surface area contributed by atoms with Gasteiger partial charge in [0.15, 0.2) is 0 Å². The molecule has 2 saturated heterocycles. The lowest BCUT2D eigenvalue weighted by Gasteiger charge is -2.26. The molecule has 0 spiro atoms. The number of nitrogens with zero attached hydrogens (tertiary/aromatic N) is 2. The molecule has 42 heavy (non-hydrogen) atoms. The van der Waals surface area contributed by atoms with Gasteiger partial charge in [-0.1, -0.05) is 77.5 Å². The van der Waals surface area contributed by atoms with Crippen LogP contribution in [0, 0.1) is 0 Å². The average molecular weight is 644 g/mol. The summed E-state index contributed by atoms with van der Waals surface area (Å²) >= 11 is 19.3. The van der Waals surface area contributed by atoms with Gasteiger partial charge in [0, 0.05) is 47.4 Å². The van der Waals surface area contributed by atoms with Gasteiger partial charge in [0.05, 0.1) is 24.5 Å². The summed E-state index contributed by atoms with van der Waals surface area (Å²) in [5.41, 5.74) is 2.37. The number of rotatable bonds is 10. The Morgan fingerprint density at radius 1 is 1.02 bits per heavy atom. The van der Waals surface area contributed by atoms with E-state index in [1.54, 1.807) is 42.5 Å². The number of ether oxygens (including phenoxy) is 3. The molecule has 2 aliphatic rings.